The molecule has 3 fully saturated rings. The van der Waals surface area contributed by atoms with Crippen LogP contribution >= 0.6 is 0 Å². The summed E-state index contributed by atoms with van der Waals surface area (Å²) in [4.78, 5) is 38.6. The normalized spacial score (nSPS) is 24.5. The zero-order valence-corrected chi connectivity index (χ0v) is 14.8. The van der Waals surface area contributed by atoms with E-state index in [0.717, 1.165) is 17.8 Å². The van der Waals surface area contributed by atoms with E-state index in [2.05, 4.69) is 20.3 Å². The number of allylic oxidation sites excluding steroid dienone is 3. The van der Waals surface area contributed by atoms with Crippen LogP contribution in [-0.4, -0.2) is 50.3 Å². The molecule has 0 aromatic carbocycles. The highest BCUT2D eigenvalue weighted by molar-refractivity contribution is 6.04. The van der Waals surface area contributed by atoms with Gasteiger partial charge in [-0.3, -0.25) is 14.6 Å². The van der Waals surface area contributed by atoms with Gasteiger partial charge in [0, 0.05) is 24.7 Å². The lowest BCUT2D eigenvalue weighted by Crippen LogP contribution is -2.55. The molecule has 2 aromatic heterocycles. The molecule has 3 aliphatic rings. The molecule has 0 radical (unpaired) electrons. The Bertz CT molecular complexity index is 929. The number of rotatable bonds is 4. The van der Waals surface area contributed by atoms with Crippen LogP contribution in [-0.2, 0) is 4.79 Å². The summed E-state index contributed by atoms with van der Waals surface area (Å²) >= 11 is 0. The van der Waals surface area contributed by atoms with Crippen LogP contribution in [0, 0.1) is 12.8 Å². The summed E-state index contributed by atoms with van der Waals surface area (Å²) in [6.07, 6.45) is 11.1. The van der Waals surface area contributed by atoms with Gasteiger partial charge in [-0.05, 0) is 20.3 Å². The lowest BCUT2D eigenvalue weighted by Gasteiger charge is -2.36. The summed E-state index contributed by atoms with van der Waals surface area (Å²) in [5.41, 5.74) is 1.93. The molecule has 2 saturated heterocycles. The van der Waals surface area contributed by atoms with E-state index in [0.29, 0.717) is 23.5 Å². The zero-order chi connectivity index (χ0) is 18.3. The molecule has 4 heterocycles. The number of aromatic amines is 1. The first-order chi connectivity index (χ1) is 12.6. The van der Waals surface area contributed by atoms with E-state index in [1.54, 1.807) is 18.5 Å². The van der Waals surface area contributed by atoms with Gasteiger partial charge < -0.3 is 15.2 Å². The number of imidazole rings is 1. The van der Waals surface area contributed by atoms with Crippen LogP contribution in [0.1, 0.15) is 29.5 Å². The smallest absolute Gasteiger partial charge is 0.258 e. The molecule has 2 bridgehead atoms. The van der Waals surface area contributed by atoms with Crippen LogP contribution in [0.2, 0.25) is 0 Å². The Labute approximate surface area is 151 Å². The predicted molar refractivity (Wildman–Crippen MR) is 97.4 cm³/mol. The van der Waals surface area contributed by atoms with E-state index in [1.165, 1.54) is 6.08 Å². The van der Waals surface area contributed by atoms with E-state index in [4.69, 9.17) is 0 Å². The van der Waals surface area contributed by atoms with E-state index in [-0.39, 0.29) is 23.9 Å². The van der Waals surface area contributed by atoms with E-state index < -0.39 is 0 Å². The molecule has 5 rings (SSSR count). The van der Waals surface area contributed by atoms with Gasteiger partial charge in [-0.25, -0.2) is 4.98 Å². The van der Waals surface area contributed by atoms with Gasteiger partial charge in [0.25, 0.3) is 5.91 Å². The van der Waals surface area contributed by atoms with Crippen molar-refractivity contribution in [3.05, 3.63) is 48.1 Å². The largest absolute Gasteiger partial charge is 0.347 e. The molecular weight excluding hydrogens is 330 g/mol. The van der Waals surface area contributed by atoms with Crippen molar-refractivity contribution in [2.24, 2.45) is 5.92 Å². The van der Waals surface area contributed by atoms with Crippen LogP contribution in [0.4, 0.5) is 0 Å². The van der Waals surface area contributed by atoms with E-state index in [9.17, 15) is 9.59 Å². The lowest BCUT2D eigenvalue weighted by molar-refractivity contribution is -0.118. The van der Waals surface area contributed by atoms with E-state index in [1.807, 2.05) is 30.9 Å². The van der Waals surface area contributed by atoms with Crippen molar-refractivity contribution >= 4 is 22.8 Å². The fraction of sp³-hybridized carbons (Fsp3) is 0.368. The van der Waals surface area contributed by atoms with Gasteiger partial charge in [0.15, 0.2) is 0 Å². The molecule has 134 valence electrons. The van der Waals surface area contributed by atoms with Gasteiger partial charge in [0.05, 0.1) is 29.4 Å². The quantitative estimate of drug-likeness (QED) is 0.648. The average Bonchev–Trinajstić information content (AvgIpc) is 3.30. The standard InChI is InChI=1S/C19H21N5O2/c1-3-4-5-6-16(25)23-17-12-7-15(17)24(10-12)19(26)13-8-20-9-14-18(13)22-11(2)21-14/h3-6,8-9,12,15,17H,7,10H2,1-2H3,(H,21,22)(H,23,25)/b4-3+,6-5+/t12-,15-,17+/m0/s1. The lowest BCUT2D eigenvalue weighted by atomic mass is 9.80. The van der Waals surface area contributed by atoms with Gasteiger partial charge in [-0.1, -0.05) is 18.2 Å². The van der Waals surface area contributed by atoms with Crippen LogP contribution in [0.5, 0.6) is 0 Å². The number of carbonyl (C=O) groups is 2. The highest BCUT2D eigenvalue weighted by Gasteiger charge is 2.54. The first kappa shape index (κ1) is 16.5. The third kappa shape index (κ3) is 2.69. The number of hydrogen-bond acceptors (Lipinski definition) is 4. The monoisotopic (exact) mass is 351 g/mol. The van der Waals surface area contributed by atoms with Gasteiger partial charge in [0.2, 0.25) is 5.91 Å². The number of fused-ring (bicyclic) bond motifs is 2. The van der Waals surface area contributed by atoms with Gasteiger partial charge in [-0.2, -0.15) is 0 Å². The highest BCUT2D eigenvalue weighted by atomic mass is 16.2. The summed E-state index contributed by atoms with van der Waals surface area (Å²) in [6, 6.07) is 0.0663. The predicted octanol–water partition coefficient (Wildman–Crippen LogP) is 1.73. The molecule has 3 atom stereocenters. The van der Waals surface area contributed by atoms with Crippen molar-refractivity contribution in [2.75, 3.05) is 6.54 Å². The highest BCUT2D eigenvalue weighted by Crippen LogP contribution is 2.42. The molecule has 26 heavy (non-hydrogen) atoms. The summed E-state index contributed by atoms with van der Waals surface area (Å²) in [7, 11) is 0. The van der Waals surface area contributed by atoms with Gasteiger partial charge >= 0.3 is 0 Å². The molecule has 2 amide bonds. The summed E-state index contributed by atoms with van der Waals surface area (Å²) in [5, 5.41) is 3.02. The van der Waals surface area contributed by atoms with Crippen molar-refractivity contribution in [2.45, 2.75) is 32.4 Å². The molecule has 1 saturated carbocycles. The summed E-state index contributed by atoms with van der Waals surface area (Å²) in [5.74, 6) is 0.883. The Balaban J connectivity index is 1.50. The van der Waals surface area contributed by atoms with Crippen LogP contribution in [0.25, 0.3) is 11.0 Å². The van der Waals surface area contributed by atoms with Crippen LogP contribution in [0.15, 0.2) is 36.7 Å². The first-order valence-corrected chi connectivity index (χ1v) is 8.79. The van der Waals surface area contributed by atoms with Crippen molar-refractivity contribution in [1.82, 2.24) is 25.2 Å². The molecule has 7 heteroatoms. The van der Waals surface area contributed by atoms with E-state index >= 15 is 0 Å². The number of carbonyl (C=O) groups excluding carboxylic acids is 2. The Morgan fingerprint density at radius 2 is 2.19 bits per heavy atom. The third-order valence-corrected chi connectivity index (χ3v) is 5.16. The zero-order valence-electron chi connectivity index (χ0n) is 14.8. The molecule has 0 spiro atoms. The number of nitrogens with one attached hydrogen (secondary N) is 2. The molecule has 2 N–H and O–H groups in total. The third-order valence-electron chi connectivity index (χ3n) is 5.16. The molecule has 2 aliphatic heterocycles. The Morgan fingerprint density at radius 1 is 1.35 bits per heavy atom. The average molecular weight is 351 g/mol. The molecular formula is C19H21N5O2. The SMILES string of the molecule is C/C=C/C=C/C(=O)N[C@@H]1[C@H]2C[C@@H]1N(C(=O)c1cncc3[nH]c(C)nc13)C2. The van der Waals surface area contributed by atoms with Crippen LogP contribution < -0.4 is 5.32 Å². The number of hydrogen-bond donors (Lipinski definition) is 2. The maximum Gasteiger partial charge on any atom is 0.258 e. The second kappa shape index (κ2) is 6.40. The van der Waals surface area contributed by atoms with Crippen molar-refractivity contribution in [1.29, 1.82) is 0 Å². The minimum absolute atomic E-state index is 0.0230. The van der Waals surface area contributed by atoms with Crippen molar-refractivity contribution in [3.63, 3.8) is 0 Å². The molecule has 1 aliphatic carbocycles. The topological polar surface area (TPSA) is 91.0 Å². The minimum Gasteiger partial charge on any atom is -0.347 e. The fourth-order valence-corrected chi connectivity index (χ4v) is 3.90. The second-order valence-corrected chi connectivity index (χ2v) is 6.85. The Morgan fingerprint density at radius 3 is 3.00 bits per heavy atom. The molecule has 7 nitrogen and oxygen atoms in total. The number of aromatic nitrogens is 3. The van der Waals surface area contributed by atoms with Crippen molar-refractivity contribution < 1.29 is 9.59 Å². The number of H-pyrrole nitrogens is 1. The number of aryl methyl sites for hydroxylation is 1. The first-order valence-electron chi connectivity index (χ1n) is 8.79. The number of pyridine rings is 1. The number of nitrogens with zero attached hydrogens (tertiary/aromatic N) is 3. The second-order valence-electron chi connectivity index (χ2n) is 6.85. The molecule has 0 unspecified atom stereocenters. The minimum atomic E-state index is -0.121. The fourth-order valence-electron chi connectivity index (χ4n) is 3.90. The van der Waals surface area contributed by atoms with Crippen molar-refractivity contribution in [3.8, 4) is 0 Å². The Kier molecular flexibility index (Phi) is 4.06. The maximum atomic E-state index is 13.0. The van der Waals surface area contributed by atoms with Gasteiger partial charge in [0.1, 0.15) is 11.3 Å². The van der Waals surface area contributed by atoms with Crippen LogP contribution in [0.3, 0.4) is 0 Å². The number of amides is 2. The summed E-state index contributed by atoms with van der Waals surface area (Å²) < 4.78 is 0. The molecule has 2 aromatic rings. The summed E-state index contributed by atoms with van der Waals surface area (Å²) in [6.45, 7) is 4.41. The maximum absolute atomic E-state index is 13.0. The Hall–Kier alpha value is -2.96. The van der Waals surface area contributed by atoms with Gasteiger partial charge in [-0.15, -0.1) is 0 Å².